The Morgan fingerprint density at radius 2 is 2.00 bits per heavy atom. The molecule has 1 rings (SSSR count). The number of rotatable bonds is 2. The van der Waals surface area contributed by atoms with Crippen molar-refractivity contribution in [2.24, 2.45) is 5.16 Å². The minimum atomic E-state index is -0.412. The van der Waals surface area contributed by atoms with Gasteiger partial charge in [0.15, 0.2) is 0 Å². The number of halogens is 1. The number of nitrogens with zero attached hydrogens (tertiary/aromatic N) is 1. The van der Waals surface area contributed by atoms with Gasteiger partial charge in [-0.25, -0.2) is 0 Å². The van der Waals surface area contributed by atoms with E-state index in [0.717, 1.165) is 5.02 Å². The average molecular weight is 232 g/mol. The average Bonchev–Trinajstić information content (AvgIpc) is 2.04. The van der Waals surface area contributed by atoms with Crippen LogP contribution < -0.4 is 4.35 Å². The zero-order valence-electron chi connectivity index (χ0n) is 5.66. The summed E-state index contributed by atoms with van der Waals surface area (Å²) >= 11 is 5.26. The normalized spacial score (nSPS) is 11.7. The first-order valence-electron chi connectivity index (χ1n) is 3.01. The van der Waals surface area contributed by atoms with Crippen molar-refractivity contribution in [3.05, 3.63) is 29.3 Å². The van der Waals surface area contributed by atoms with Crippen molar-refractivity contribution in [1.82, 2.24) is 0 Å². The number of oxime groups is 1. The second kappa shape index (κ2) is 4.42. The molecule has 0 aliphatic carbocycles. The van der Waals surface area contributed by atoms with Gasteiger partial charge in [0.1, 0.15) is 0 Å². The molecule has 0 spiro atoms. The molecule has 0 aliphatic rings. The molecule has 0 saturated heterocycles. The van der Waals surface area contributed by atoms with E-state index in [4.69, 9.17) is 16.8 Å². The summed E-state index contributed by atoms with van der Waals surface area (Å²) < 4.78 is 1.20. The van der Waals surface area contributed by atoms with E-state index in [1.807, 2.05) is 24.3 Å². The van der Waals surface area contributed by atoms with E-state index < -0.39 is 15.8 Å². The molecule has 0 radical (unpaired) electrons. The first-order valence-corrected chi connectivity index (χ1v) is 5.65. The fraction of sp³-hybridized carbons (Fsp3) is 0. The summed E-state index contributed by atoms with van der Waals surface area (Å²) in [6.07, 6.45) is 0. The summed E-state index contributed by atoms with van der Waals surface area (Å²) in [6.45, 7) is 0. The van der Waals surface area contributed by atoms with Crippen molar-refractivity contribution in [2.45, 2.75) is 0 Å². The van der Waals surface area contributed by atoms with Gasteiger partial charge in [-0.15, -0.1) is 0 Å². The molecule has 0 aliphatic heterocycles. The van der Waals surface area contributed by atoms with Crippen LogP contribution in [0.5, 0.6) is 0 Å². The van der Waals surface area contributed by atoms with Gasteiger partial charge >= 0.3 is 76.4 Å². The van der Waals surface area contributed by atoms with Crippen LogP contribution in [0.3, 0.4) is 0 Å². The van der Waals surface area contributed by atoms with Crippen LogP contribution in [0.1, 0.15) is 0 Å². The molecular formula is C7H7AsClNO. The Bertz CT molecular complexity index is 247. The third-order valence-electron chi connectivity index (χ3n) is 1.13. The fourth-order valence-corrected chi connectivity index (χ4v) is 1.96. The first kappa shape index (κ1) is 8.63. The van der Waals surface area contributed by atoms with Gasteiger partial charge in [0, 0.05) is 0 Å². The maximum atomic E-state index is 8.16. The van der Waals surface area contributed by atoms with Crippen molar-refractivity contribution in [1.29, 1.82) is 0 Å². The molecule has 0 amide bonds. The van der Waals surface area contributed by atoms with E-state index in [2.05, 4.69) is 5.16 Å². The topological polar surface area (TPSA) is 32.6 Å². The van der Waals surface area contributed by atoms with Gasteiger partial charge in [-0.3, -0.25) is 0 Å². The molecule has 58 valence electrons. The Kier molecular flexibility index (Phi) is 3.47. The Morgan fingerprint density at radius 3 is 2.55 bits per heavy atom. The Morgan fingerprint density at radius 1 is 1.36 bits per heavy atom. The molecule has 0 saturated carbocycles. The van der Waals surface area contributed by atoms with Crippen molar-refractivity contribution < 1.29 is 5.21 Å². The Hall–Kier alpha value is -0.462. The summed E-state index contributed by atoms with van der Waals surface area (Å²) in [5.41, 5.74) is 0. The standard InChI is InChI=1S/C7H7AsClNO/c9-7-3-1-6(2-4-7)8-5-10-11/h1-5,8,11H. The van der Waals surface area contributed by atoms with Crippen molar-refractivity contribution in [3.8, 4) is 0 Å². The third-order valence-corrected chi connectivity index (χ3v) is 3.30. The molecule has 0 heterocycles. The molecule has 1 aromatic carbocycles. The van der Waals surface area contributed by atoms with Crippen molar-refractivity contribution >= 4 is 36.7 Å². The Labute approximate surface area is 76.6 Å². The van der Waals surface area contributed by atoms with Gasteiger partial charge in [-0.05, 0) is 0 Å². The van der Waals surface area contributed by atoms with E-state index >= 15 is 0 Å². The first-order chi connectivity index (χ1) is 5.33. The summed E-state index contributed by atoms with van der Waals surface area (Å²) in [7, 11) is 0. The third kappa shape index (κ3) is 2.96. The van der Waals surface area contributed by atoms with Crippen LogP contribution in [0.25, 0.3) is 0 Å². The SMILES string of the molecule is ON=C[AsH]c1ccc(Cl)cc1. The van der Waals surface area contributed by atoms with Crippen molar-refractivity contribution in [2.75, 3.05) is 0 Å². The molecule has 11 heavy (non-hydrogen) atoms. The second-order valence-electron chi connectivity index (χ2n) is 1.90. The van der Waals surface area contributed by atoms with Gasteiger partial charge in [0.2, 0.25) is 0 Å². The molecule has 0 bridgehead atoms. The molecular weight excluding hydrogens is 224 g/mol. The molecule has 1 aromatic rings. The van der Waals surface area contributed by atoms with E-state index in [-0.39, 0.29) is 0 Å². The summed E-state index contributed by atoms with van der Waals surface area (Å²) in [5, 5.41) is 13.4. The summed E-state index contributed by atoms with van der Waals surface area (Å²) in [5.74, 6) is 0. The number of hydrogen-bond donors (Lipinski definition) is 1. The molecule has 1 atom stereocenters. The monoisotopic (exact) mass is 231 g/mol. The number of benzene rings is 1. The van der Waals surface area contributed by atoms with Crippen LogP contribution >= 0.6 is 11.6 Å². The van der Waals surface area contributed by atoms with Crippen LogP contribution in [-0.2, 0) is 0 Å². The predicted molar refractivity (Wildman–Crippen MR) is 48.5 cm³/mol. The van der Waals surface area contributed by atoms with Gasteiger partial charge in [0.25, 0.3) is 0 Å². The van der Waals surface area contributed by atoms with Crippen LogP contribution in [0, 0.1) is 0 Å². The molecule has 0 aromatic heterocycles. The van der Waals surface area contributed by atoms with E-state index in [9.17, 15) is 0 Å². The van der Waals surface area contributed by atoms with Gasteiger partial charge < -0.3 is 0 Å². The van der Waals surface area contributed by atoms with Gasteiger partial charge in [-0.2, -0.15) is 0 Å². The minimum absolute atomic E-state index is 0.412. The zero-order chi connectivity index (χ0) is 8.10. The molecule has 2 nitrogen and oxygen atoms in total. The summed E-state index contributed by atoms with van der Waals surface area (Å²) in [4.78, 5) is 0. The maximum absolute atomic E-state index is 8.16. The summed E-state index contributed by atoms with van der Waals surface area (Å²) in [6, 6.07) is 7.57. The van der Waals surface area contributed by atoms with Crippen LogP contribution in [0.15, 0.2) is 29.4 Å². The fourth-order valence-electron chi connectivity index (χ4n) is 0.650. The molecule has 0 fully saturated rings. The van der Waals surface area contributed by atoms with E-state index in [1.165, 1.54) is 4.35 Å². The zero-order valence-corrected chi connectivity index (χ0v) is 8.51. The second-order valence-corrected chi connectivity index (χ2v) is 4.69. The van der Waals surface area contributed by atoms with E-state index in [0.29, 0.717) is 0 Å². The van der Waals surface area contributed by atoms with Crippen molar-refractivity contribution in [3.63, 3.8) is 0 Å². The molecule has 1 N–H and O–H groups in total. The van der Waals surface area contributed by atoms with Crippen LogP contribution in [0.2, 0.25) is 5.02 Å². The predicted octanol–water partition coefficient (Wildman–Crippen LogP) is 0.819. The van der Waals surface area contributed by atoms with E-state index in [1.54, 1.807) is 5.00 Å². The molecule has 4 heteroatoms. The Balaban J connectivity index is 2.66. The molecule has 1 unspecified atom stereocenters. The van der Waals surface area contributed by atoms with Gasteiger partial charge in [-0.1, -0.05) is 0 Å². The van der Waals surface area contributed by atoms with Crippen LogP contribution in [-0.4, -0.2) is 26.0 Å². The quantitative estimate of drug-likeness (QED) is 0.348. The van der Waals surface area contributed by atoms with Gasteiger partial charge in [0.05, 0.1) is 0 Å². The number of hydrogen-bond acceptors (Lipinski definition) is 2. The van der Waals surface area contributed by atoms with Crippen LogP contribution in [0.4, 0.5) is 0 Å².